The molecule has 0 aromatic heterocycles. The highest BCUT2D eigenvalue weighted by molar-refractivity contribution is 6.31. The third-order valence-corrected chi connectivity index (χ3v) is 5.80. The van der Waals surface area contributed by atoms with Crippen LogP contribution >= 0.6 is 11.6 Å². The lowest BCUT2D eigenvalue weighted by Crippen LogP contribution is -2.43. The van der Waals surface area contributed by atoms with Crippen LogP contribution in [-0.2, 0) is 4.79 Å². The Morgan fingerprint density at radius 2 is 1.97 bits per heavy atom. The molecule has 0 bridgehead atoms. The SMILES string of the molecule is CCCN1C(=O)c2ccc(Cl)cc2NC1c1ccccc1OCC(=O)N1CCCC1. The van der Waals surface area contributed by atoms with Crippen LogP contribution in [0.2, 0.25) is 5.02 Å². The van der Waals surface area contributed by atoms with Crippen LogP contribution in [0, 0.1) is 0 Å². The van der Waals surface area contributed by atoms with Gasteiger partial charge in [-0.25, -0.2) is 0 Å². The van der Waals surface area contributed by atoms with E-state index in [1.54, 1.807) is 23.1 Å². The highest BCUT2D eigenvalue weighted by atomic mass is 35.5. The first-order valence-corrected chi connectivity index (χ1v) is 10.8. The normalized spacial score (nSPS) is 18.2. The van der Waals surface area contributed by atoms with E-state index in [9.17, 15) is 9.59 Å². The molecule has 2 aliphatic rings. The van der Waals surface area contributed by atoms with Crippen LogP contribution in [-0.4, -0.2) is 47.9 Å². The third-order valence-electron chi connectivity index (χ3n) is 5.56. The van der Waals surface area contributed by atoms with E-state index < -0.39 is 6.17 Å². The summed E-state index contributed by atoms with van der Waals surface area (Å²) in [6.07, 6.45) is 2.51. The zero-order valence-corrected chi connectivity index (χ0v) is 17.8. The minimum atomic E-state index is -0.401. The molecule has 1 fully saturated rings. The first kappa shape index (κ1) is 20.5. The first-order valence-electron chi connectivity index (χ1n) is 10.4. The number of amides is 2. The fourth-order valence-electron chi connectivity index (χ4n) is 4.07. The van der Waals surface area contributed by atoms with Crippen molar-refractivity contribution in [2.75, 3.05) is 31.6 Å². The van der Waals surface area contributed by atoms with E-state index >= 15 is 0 Å². The van der Waals surface area contributed by atoms with Crippen molar-refractivity contribution >= 4 is 29.1 Å². The molecule has 158 valence electrons. The second-order valence-electron chi connectivity index (χ2n) is 7.65. The van der Waals surface area contributed by atoms with Gasteiger partial charge in [-0.15, -0.1) is 0 Å². The van der Waals surface area contributed by atoms with Crippen molar-refractivity contribution in [2.45, 2.75) is 32.4 Å². The number of nitrogens with one attached hydrogen (secondary N) is 1. The van der Waals surface area contributed by atoms with E-state index in [1.165, 1.54) is 0 Å². The molecule has 1 atom stereocenters. The summed E-state index contributed by atoms with van der Waals surface area (Å²) in [5, 5.41) is 4.01. The van der Waals surface area contributed by atoms with Crippen molar-refractivity contribution < 1.29 is 14.3 Å². The Balaban J connectivity index is 1.61. The first-order chi connectivity index (χ1) is 14.6. The van der Waals surface area contributed by atoms with E-state index in [2.05, 4.69) is 5.32 Å². The maximum atomic E-state index is 13.2. The minimum absolute atomic E-state index is 0.00229. The molecular weight excluding hydrogens is 402 g/mol. The standard InChI is InChI=1S/C23H26ClN3O3/c1-2-11-27-22(25-19-14-16(24)9-10-17(19)23(27)29)18-7-3-4-8-20(18)30-15-21(28)26-12-5-6-13-26/h3-4,7-10,14,22,25H,2,5-6,11-13,15H2,1H3. The molecule has 30 heavy (non-hydrogen) atoms. The van der Waals surface area contributed by atoms with Crippen LogP contribution in [0.1, 0.15) is 48.3 Å². The predicted molar refractivity (Wildman–Crippen MR) is 117 cm³/mol. The highest BCUT2D eigenvalue weighted by Crippen LogP contribution is 2.37. The van der Waals surface area contributed by atoms with Crippen molar-refractivity contribution in [1.29, 1.82) is 0 Å². The van der Waals surface area contributed by atoms with Crippen LogP contribution in [0.25, 0.3) is 0 Å². The molecule has 1 N–H and O–H groups in total. The number of ether oxygens (including phenoxy) is 1. The van der Waals surface area contributed by atoms with Gasteiger partial charge in [0.25, 0.3) is 11.8 Å². The van der Waals surface area contributed by atoms with Crippen molar-refractivity contribution in [3.05, 3.63) is 58.6 Å². The number of rotatable bonds is 6. The number of fused-ring (bicyclic) bond motifs is 1. The Bertz CT molecular complexity index is 943. The Kier molecular flexibility index (Phi) is 6.13. The molecule has 0 saturated carbocycles. The molecule has 2 aromatic carbocycles. The summed E-state index contributed by atoms with van der Waals surface area (Å²) in [5.41, 5.74) is 2.12. The minimum Gasteiger partial charge on any atom is -0.483 e. The monoisotopic (exact) mass is 427 g/mol. The van der Waals surface area contributed by atoms with E-state index in [-0.39, 0.29) is 18.4 Å². The zero-order valence-electron chi connectivity index (χ0n) is 17.1. The number of likely N-dealkylation sites (tertiary alicyclic amines) is 1. The quantitative estimate of drug-likeness (QED) is 0.745. The van der Waals surface area contributed by atoms with Gasteiger partial charge in [0, 0.05) is 30.2 Å². The summed E-state index contributed by atoms with van der Waals surface area (Å²) in [7, 11) is 0. The van der Waals surface area contributed by atoms with Crippen molar-refractivity contribution in [1.82, 2.24) is 9.80 Å². The number of para-hydroxylation sites is 1. The lowest BCUT2D eigenvalue weighted by atomic mass is 10.0. The summed E-state index contributed by atoms with van der Waals surface area (Å²) in [5.74, 6) is 0.551. The number of nitrogens with zero attached hydrogens (tertiary/aromatic N) is 2. The maximum Gasteiger partial charge on any atom is 0.260 e. The molecule has 0 aliphatic carbocycles. The largest absolute Gasteiger partial charge is 0.483 e. The Hall–Kier alpha value is -2.73. The lowest BCUT2D eigenvalue weighted by molar-refractivity contribution is -0.132. The molecule has 2 aromatic rings. The van der Waals surface area contributed by atoms with Crippen molar-refractivity contribution in [2.24, 2.45) is 0 Å². The maximum absolute atomic E-state index is 13.2. The van der Waals surface area contributed by atoms with Gasteiger partial charge in [0.1, 0.15) is 11.9 Å². The molecule has 1 saturated heterocycles. The number of benzene rings is 2. The molecule has 2 heterocycles. The van der Waals surface area contributed by atoms with Gasteiger partial charge in [-0.1, -0.05) is 36.7 Å². The molecule has 2 amide bonds. The van der Waals surface area contributed by atoms with Gasteiger partial charge >= 0.3 is 0 Å². The topological polar surface area (TPSA) is 61.9 Å². The van der Waals surface area contributed by atoms with Gasteiger partial charge in [-0.3, -0.25) is 9.59 Å². The summed E-state index contributed by atoms with van der Waals surface area (Å²) < 4.78 is 5.94. The van der Waals surface area contributed by atoms with Crippen LogP contribution in [0.3, 0.4) is 0 Å². The van der Waals surface area contributed by atoms with Crippen molar-refractivity contribution in [3.8, 4) is 5.75 Å². The molecule has 2 aliphatic heterocycles. The molecule has 1 unspecified atom stereocenters. The Morgan fingerprint density at radius 3 is 2.73 bits per heavy atom. The van der Waals surface area contributed by atoms with Gasteiger partial charge in [-0.05, 0) is 43.5 Å². The number of anilines is 1. The second kappa shape index (κ2) is 8.96. The number of carbonyl (C=O) groups excluding carboxylic acids is 2. The zero-order chi connectivity index (χ0) is 21.1. The second-order valence-corrected chi connectivity index (χ2v) is 8.09. The number of hydrogen-bond donors (Lipinski definition) is 1. The molecule has 0 spiro atoms. The van der Waals surface area contributed by atoms with Crippen LogP contribution in [0.4, 0.5) is 5.69 Å². The van der Waals surface area contributed by atoms with Gasteiger partial charge in [-0.2, -0.15) is 0 Å². The van der Waals surface area contributed by atoms with E-state index in [0.29, 0.717) is 28.6 Å². The van der Waals surface area contributed by atoms with E-state index in [1.807, 2.05) is 36.1 Å². The molecule has 0 radical (unpaired) electrons. The van der Waals surface area contributed by atoms with Gasteiger partial charge in [0.2, 0.25) is 0 Å². The smallest absolute Gasteiger partial charge is 0.260 e. The average Bonchev–Trinajstić information content (AvgIpc) is 3.29. The summed E-state index contributed by atoms with van der Waals surface area (Å²) in [6.45, 7) is 4.22. The number of carbonyl (C=O) groups is 2. The highest BCUT2D eigenvalue weighted by Gasteiger charge is 2.34. The summed E-state index contributed by atoms with van der Waals surface area (Å²) in [4.78, 5) is 29.3. The van der Waals surface area contributed by atoms with E-state index in [0.717, 1.165) is 37.9 Å². The Labute approximate surface area is 181 Å². The fourth-order valence-corrected chi connectivity index (χ4v) is 4.24. The average molecular weight is 428 g/mol. The van der Waals surface area contributed by atoms with Crippen LogP contribution in [0.15, 0.2) is 42.5 Å². The van der Waals surface area contributed by atoms with E-state index in [4.69, 9.17) is 16.3 Å². The van der Waals surface area contributed by atoms with Crippen LogP contribution in [0.5, 0.6) is 5.75 Å². The van der Waals surface area contributed by atoms with Gasteiger partial charge in [0.15, 0.2) is 6.61 Å². The Morgan fingerprint density at radius 1 is 1.20 bits per heavy atom. The van der Waals surface area contributed by atoms with Gasteiger partial charge < -0.3 is 19.9 Å². The van der Waals surface area contributed by atoms with Crippen molar-refractivity contribution in [3.63, 3.8) is 0 Å². The lowest BCUT2D eigenvalue weighted by Gasteiger charge is -2.38. The predicted octanol–water partition coefficient (Wildman–Crippen LogP) is 4.32. The summed E-state index contributed by atoms with van der Waals surface area (Å²) in [6, 6.07) is 12.8. The molecular formula is C23H26ClN3O3. The number of halogens is 1. The molecule has 4 rings (SSSR count). The summed E-state index contributed by atoms with van der Waals surface area (Å²) >= 11 is 6.16. The number of hydrogen-bond acceptors (Lipinski definition) is 4. The third kappa shape index (κ3) is 4.10. The molecule has 7 heteroatoms. The fraction of sp³-hybridized carbons (Fsp3) is 0.391. The van der Waals surface area contributed by atoms with Gasteiger partial charge in [0.05, 0.1) is 11.3 Å². The molecule has 6 nitrogen and oxygen atoms in total. The van der Waals surface area contributed by atoms with Crippen LogP contribution < -0.4 is 10.1 Å².